The molecule has 0 aromatic carbocycles. The number of ether oxygens (including phenoxy) is 1. The lowest BCUT2D eigenvalue weighted by molar-refractivity contribution is -0.142. The maximum atomic E-state index is 13.1. The molecule has 0 radical (unpaired) electrons. The van der Waals surface area contributed by atoms with E-state index in [0.29, 0.717) is 6.61 Å². The molecule has 0 aliphatic carbocycles. The minimum absolute atomic E-state index is 0.0618. The van der Waals surface area contributed by atoms with E-state index < -0.39 is 17.7 Å². The number of pyridine rings is 1. The van der Waals surface area contributed by atoms with Gasteiger partial charge in [-0.1, -0.05) is 0 Å². The molecule has 1 heterocycles. The molecule has 0 atom stereocenters. The highest BCUT2D eigenvalue weighted by Gasteiger charge is 2.11. The minimum atomic E-state index is -0.693. The van der Waals surface area contributed by atoms with Crippen LogP contribution >= 0.6 is 0 Å². The van der Waals surface area contributed by atoms with E-state index in [9.17, 15) is 14.0 Å². The van der Waals surface area contributed by atoms with Crippen LogP contribution in [0.5, 0.6) is 0 Å². The van der Waals surface area contributed by atoms with Gasteiger partial charge in [-0.25, -0.2) is 4.39 Å². The van der Waals surface area contributed by atoms with Crippen molar-refractivity contribution in [2.45, 2.75) is 13.3 Å². The summed E-state index contributed by atoms with van der Waals surface area (Å²) in [7, 11) is 0. The summed E-state index contributed by atoms with van der Waals surface area (Å²) in [6.45, 7) is 2.11. The molecule has 1 N–H and O–H groups in total. The van der Waals surface area contributed by atoms with Gasteiger partial charge in [-0.3, -0.25) is 14.6 Å². The Balaban J connectivity index is 2.41. The molecule has 0 bridgehead atoms. The first-order valence-electron chi connectivity index (χ1n) is 5.18. The van der Waals surface area contributed by atoms with Crippen molar-refractivity contribution < 1.29 is 18.7 Å². The number of rotatable bonds is 5. The molecule has 1 aromatic heterocycles. The van der Waals surface area contributed by atoms with E-state index in [4.69, 9.17) is 0 Å². The van der Waals surface area contributed by atoms with Crippen molar-refractivity contribution >= 4 is 11.9 Å². The van der Waals surface area contributed by atoms with Gasteiger partial charge in [0, 0.05) is 12.7 Å². The van der Waals surface area contributed by atoms with Crippen LogP contribution in [0.1, 0.15) is 23.7 Å². The molecule has 0 fully saturated rings. The van der Waals surface area contributed by atoms with Crippen LogP contribution in [-0.4, -0.2) is 30.0 Å². The predicted octanol–water partition coefficient (Wildman–Crippen LogP) is 0.904. The average Bonchev–Trinajstić information content (AvgIpc) is 2.29. The van der Waals surface area contributed by atoms with Crippen LogP contribution in [0.2, 0.25) is 0 Å². The van der Waals surface area contributed by atoms with Gasteiger partial charge in [0.2, 0.25) is 0 Å². The van der Waals surface area contributed by atoms with E-state index in [0.717, 1.165) is 6.20 Å². The van der Waals surface area contributed by atoms with Crippen molar-refractivity contribution in [1.82, 2.24) is 10.3 Å². The number of nitrogens with zero attached hydrogens (tertiary/aromatic N) is 1. The van der Waals surface area contributed by atoms with Crippen LogP contribution in [0.15, 0.2) is 18.5 Å². The van der Waals surface area contributed by atoms with Gasteiger partial charge in [-0.05, 0) is 13.0 Å². The first-order chi connectivity index (χ1) is 8.15. The Hall–Kier alpha value is -1.98. The molecule has 1 rings (SSSR count). The Kier molecular flexibility index (Phi) is 5.06. The molecule has 0 aliphatic heterocycles. The molecule has 1 amide bonds. The third kappa shape index (κ3) is 4.18. The number of hydrogen-bond acceptors (Lipinski definition) is 4. The molecule has 1 aromatic rings. The third-order valence-electron chi connectivity index (χ3n) is 1.94. The highest BCUT2D eigenvalue weighted by molar-refractivity contribution is 5.94. The highest BCUT2D eigenvalue weighted by atomic mass is 19.1. The largest absolute Gasteiger partial charge is 0.466 e. The first-order valence-corrected chi connectivity index (χ1v) is 5.18. The van der Waals surface area contributed by atoms with Crippen molar-refractivity contribution in [1.29, 1.82) is 0 Å². The second-order valence-electron chi connectivity index (χ2n) is 3.17. The molecule has 92 valence electrons. The number of aromatic nitrogens is 1. The number of amides is 1. The van der Waals surface area contributed by atoms with E-state index in [-0.39, 0.29) is 18.5 Å². The Labute approximate surface area is 98.0 Å². The fourth-order valence-electron chi connectivity index (χ4n) is 1.17. The van der Waals surface area contributed by atoms with Crippen LogP contribution in [-0.2, 0) is 9.53 Å². The molecule has 0 spiro atoms. The van der Waals surface area contributed by atoms with Crippen molar-refractivity contribution in [3.8, 4) is 0 Å². The summed E-state index contributed by atoms with van der Waals surface area (Å²) in [5.41, 5.74) is -0.0936. The predicted molar refractivity (Wildman–Crippen MR) is 57.8 cm³/mol. The fourth-order valence-corrected chi connectivity index (χ4v) is 1.17. The number of carbonyl (C=O) groups is 2. The lowest BCUT2D eigenvalue weighted by Crippen LogP contribution is -2.27. The Morgan fingerprint density at radius 2 is 2.29 bits per heavy atom. The molecular formula is C11H13FN2O3. The first kappa shape index (κ1) is 13.1. The van der Waals surface area contributed by atoms with Crippen LogP contribution in [0.25, 0.3) is 0 Å². The number of carbonyl (C=O) groups excluding carboxylic acids is 2. The molecule has 0 aliphatic rings. The maximum Gasteiger partial charge on any atom is 0.307 e. The molecule has 5 nitrogen and oxygen atoms in total. The van der Waals surface area contributed by atoms with Crippen LogP contribution in [0, 0.1) is 5.82 Å². The van der Waals surface area contributed by atoms with Crippen LogP contribution in [0.4, 0.5) is 4.39 Å². The Bertz CT molecular complexity index is 409. The number of halogens is 1. The highest BCUT2D eigenvalue weighted by Crippen LogP contribution is 2.03. The summed E-state index contributed by atoms with van der Waals surface area (Å²) in [5, 5.41) is 2.42. The standard InChI is InChI=1S/C11H13FN2O3/c1-2-17-10(15)4-6-14-11(16)8-3-5-13-7-9(8)12/h3,5,7H,2,4,6H2,1H3,(H,14,16). The van der Waals surface area contributed by atoms with Crippen LogP contribution < -0.4 is 5.32 Å². The topological polar surface area (TPSA) is 68.3 Å². The van der Waals surface area contributed by atoms with Gasteiger partial charge in [0.15, 0.2) is 5.82 Å². The molecular weight excluding hydrogens is 227 g/mol. The fraction of sp³-hybridized carbons (Fsp3) is 0.364. The third-order valence-corrected chi connectivity index (χ3v) is 1.94. The molecule has 0 saturated heterocycles. The van der Waals surface area contributed by atoms with Gasteiger partial charge in [-0.2, -0.15) is 0 Å². The van der Waals surface area contributed by atoms with Gasteiger partial charge < -0.3 is 10.1 Å². The van der Waals surface area contributed by atoms with Gasteiger partial charge in [0.05, 0.1) is 24.8 Å². The smallest absolute Gasteiger partial charge is 0.307 e. The van der Waals surface area contributed by atoms with E-state index in [1.165, 1.54) is 12.3 Å². The lowest BCUT2D eigenvalue weighted by Gasteiger charge is -2.05. The zero-order valence-corrected chi connectivity index (χ0v) is 9.40. The monoisotopic (exact) mass is 240 g/mol. The van der Waals surface area contributed by atoms with Gasteiger partial charge in [-0.15, -0.1) is 0 Å². The van der Waals surface area contributed by atoms with Gasteiger partial charge >= 0.3 is 5.97 Å². The van der Waals surface area contributed by atoms with Crippen molar-refractivity contribution in [3.63, 3.8) is 0 Å². The molecule has 0 saturated carbocycles. The summed E-state index contributed by atoms with van der Waals surface area (Å²) in [6, 6.07) is 1.27. The normalized spacial score (nSPS) is 9.76. The zero-order chi connectivity index (χ0) is 12.7. The van der Waals surface area contributed by atoms with Gasteiger partial charge in [0.25, 0.3) is 5.91 Å². The Morgan fingerprint density at radius 1 is 1.53 bits per heavy atom. The van der Waals surface area contributed by atoms with E-state index in [1.54, 1.807) is 6.92 Å². The minimum Gasteiger partial charge on any atom is -0.466 e. The van der Waals surface area contributed by atoms with Crippen molar-refractivity contribution in [3.05, 3.63) is 29.8 Å². The second-order valence-corrected chi connectivity index (χ2v) is 3.17. The number of hydrogen-bond donors (Lipinski definition) is 1. The van der Waals surface area contributed by atoms with E-state index in [1.807, 2.05) is 0 Å². The summed E-state index contributed by atoms with van der Waals surface area (Å²) in [4.78, 5) is 26.0. The quantitative estimate of drug-likeness (QED) is 0.776. The average molecular weight is 240 g/mol. The summed E-state index contributed by atoms with van der Waals surface area (Å²) >= 11 is 0. The number of nitrogens with one attached hydrogen (secondary N) is 1. The van der Waals surface area contributed by atoms with E-state index in [2.05, 4.69) is 15.0 Å². The summed E-state index contributed by atoms with van der Waals surface area (Å²) in [6.07, 6.45) is 2.34. The molecule has 0 unspecified atom stereocenters. The molecule has 6 heteroatoms. The summed E-state index contributed by atoms with van der Waals surface area (Å²) < 4.78 is 17.8. The second kappa shape index (κ2) is 6.57. The van der Waals surface area contributed by atoms with Crippen molar-refractivity contribution in [2.24, 2.45) is 0 Å². The zero-order valence-electron chi connectivity index (χ0n) is 9.40. The molecule has 17 heavy (non-hydrogen) atoms. The van der Waals surface area contributed by atoms with E-state index >= 15 is 0 Å². The summed E-state index contributed by atoms with van der Waals surface area (Å²) in [5.74, 6) is -1.67. The van der Waals surface area contributed by atoms with Gasteiger partial charge in [0.1, 0.15) is 0 Å². The maximum absolute atomic E-state index is 13.1. The van der Waals surface area contributed by atoms with Crippen LogP contribution in [0.3, 0.4) is 0 Å². The Morgan fingerprint density at radius 3 is 2.94 bits per heavy atom. The number of esters is 1. The SMILES string of the molecule is CCOC(=O)CCNC(=O)c1ccncc1F. The lowest BCUT2D eigenvalue weighted by atomic mass is 10.2. The van der Waals surface area contributed by atoms with Crippen molar-refractivity contribution in [2.75, 3.05) is 13.2 Å².